The van der Waals surface area contributed by atoms with Crippen molar-refractivity contribution < 1.29 is 9.47 Å². The molecule has 0 amide bonds. The van der Waals surface area contributed by atoms with Crippen molar-refractivity contribution >= 4 is 11.6 Å². The minimum absolute atomic E-state index is 0.0551. The fourth-order valence-electron chi connectivity index (χ4n) is 5.47. The van der Waals surface area contributed by atoms with E-state index in [9.17, 15) is 9.59 Å². The molecule has 0 saturated carbocycles. The van der Waals surface area contributed by atoms with E-state index in [0.29, 0.717) is 33.2 Å². The minimum Gasteiger partial charge on any atom is -0.454 e. The molecule has 0 bridgehead atoms. The fourth-order valence-corrected chi connectivity index (χ4v) is 5.79. The third-order valence-corrected chi connectivity index (χ3v) is 7.98. The number of aromatic nitrogens is 4. The first-order valence-corrected chi connectivity index (χ1v) is 12.9. The lowest BCUT2D eigenvalue weighted by molar-refractivity contribution is 0.174. The summed E-state index contributed by atoms with van der Waals surface area (Å²) in [6.07, 6.45) is 0. The third kappa shape index (κ3) is 3.74. The second-order valence-corrected chi connectivity index (χ2v) is 9.96. The Balaban J connectivity index is 1.69. The zero-order valence-electron chi connectivity index (χ0n) is 22.0. The molecule has 3 aromatic carbocycles. The van der Waals surface area contributed by atoms with Gasteiger partial charge in [0.2, 0.25) is 6.79 Å². The van der Waals surface area contributed by atoms with Crippen LogP contribution in [0.4, 0.5) is 0 Å². The Morgan fingerprint density at radius 3 is 1.69 bits per heavy atom. The maximum atomic E-state index is 14.3. The zero-order chi connectivity index (χ0) is 27.4. The van der Waals surface area contributed by atoms with Gasteiger partial charge in [-0.2, -0.15) is 0 Å². The number of rotatable bonds is 5. The standard InChI is InChI=1S/C30H27ClN4O4/c1-18-24(29(36)34(32(18)3)20-11-7-5-8-12-20)26(22-15-16-23-28(27(22)31)39-17-38-23)25-19(2)33(4)35(30(25)37)21-13-9-6-10-14-21/h5-16,26H,17H2,1-4H3. The van der Waals surface area contributed by atoms with Gasteiger partial charge in [-0.3, -0.25) is 19.0 Å². The molecule has 0 saturated heterocycles. The van der Waals surface area contributed by atoms with Gasteiger partial charge in [-0.15, -0.1) is 0 Å². The van der Waals surface area contributed by atoms with Gasteiger partial charge < -0.3 is 9.47 Å². The van der Waals surface area contributed by atoms with Crippen LogP contribution in [0.3, 0.4) is 0 Å². The van der Waals surface area contributed by atoms with E-state index in [0.717, 1.165) is 22.8 Å². The van der Waals surface area contributed by atoms with Crippen molar-refractivity contribution in [3.63, 3.8) is 0 Å². The Morgan fingerprint density at radius 2 is 1.21 bits per heavy atom. The van der Waals surface area contributed by atoms with Gasteiger partial charge >= 0.3 is 0 Å². The van der Waals surface area contributed by atoms with Crippen molar-refractivity contribution in [1.29, 1.82) is 0 Å². The number of hydrogen-bond acceptors (Lipinski definition) is 4. The summed E-state index contributed by atoms with van der Waals surface area (Å²) in [7, 11) is 3.68. The van der Waals surface area contributed by atoms with Gasteiger partial charge in [0.15, 0.2) is 11.5 Å². The van der Waals surface area contributed by atoms with Crippen LogP contribution in [-0.2, 0) is 14.1 Å². The SMILES string of the molecule is Cc1c(C(c2ccc3c(c2Cl)OCO3)c2c(C)n(C)n(-c3ccccc3)c2=O)c(=O)n(-c2ccccc2)n1C. The van der Waals surface area contributed by atoms with Gasteiger partial charge in [-0.25, -0.2) is 9.36 Å². The first kappa shape index (κ1) is 24.9. The normalized spacial score (nSPS) is 12.5. The molecule has 0 radical (unpaired) electrons. The molecular formula is C30H27ClN4O4. The van der Waals surface area contributed by atoms with Crippen molar-refractivity contribution in [2.45, 2.75) is 19.8 Å². The summed E-state index contributed by atoms with van der Waals surface area (Å²) < 4.78 is 18.1. The second kappa shape index (κ2) is 9.39. The Morgan fingerprint density at radius 1 is 0.718 bits per heavy atom. The molecule has 8 nitrogen and oxygen atoms in total. The molecular weight excluding hydrogens is 516 g/mol. The molecule has 0 atom stereocenters. The molecule has 0 fully saturated rings. The number of benzene rings is 3. The quantitative estimate of drug-likeness (QED) is 0.318. The Labute approximate surface area is 229 Å². The van der Waals surface area contributed by atoms with Crippen LogP contribution in [0.1, 0.15) is 34.0 Å². The summed E-state index contributed by atoms with van der Waals surface area (Å²) >= 11 is 6.95. The highest BCUT2D eigenvalue weighted by Gasteiger charge is 2.35. The topological polar surface area (TPSA) is 72.3 Å². The lowest BCUT2D eigenvalue weighted by atomic mass is 9.85. The predicted molar refractivity (Wildman–Crippen MR) is 150 cm³/mol. The molecule has 0 N–H and O–H groups in total. The number of para-hydroxylation sites is 2. The second-order valence-electron chi connectivity index (χ2n) is 9.59. The average molecular weight is 543 g/mol. The highest BCUT2D eigenvalue weighted by molar-refractivity contribution is 6.33. The molecule has 0 aliphatic carbocycles. The van der Waals surface area contributed by atoms with Gasteiger partial charge in [0.1, 0.15) is 0 Å². The summed E-state index contributed by atoms with van der Waals surface area (Å²) in [5.41, 5.74) is 3.96. The summed E-state index contributed by atoms with van der Waals surface area (Å²) in [4.78, 5) is 28.5. The Bertz CT molecular complexity index is 1730. The van der Waals surface area contributed by atoms with E-state index in [1.54, 1.807) is 15.4 Å². The number of fused-ring (bicyclic) bond motifs is 1. The van der Waals surface area contributed by atoms with E-state index in [1.807, 2.05) is 104 Å². The molecule has 6 rings (SSSR count). The van der Waals surface area contributed by atoms with Crippen LogP contribution in [0.15, 0.2) is 82.4 Å². The minimum atomic E-state index is -0.765. The molecule has 1 aliphatic heterocycles. The van der Waals surface area contributed by atoms with E-state index >= 15 is 0 Å². The van der Waals surface area contributed by atoms with E-state index in [-0.39, 0.29) is 17.9 Å². The van der Waals surface area contributed by atoms with E-state index < -0.39 is 5.92 Å². The van der Waals surface area contributed by atoms with E-state index in [4.69, 9.17) is 21.1 Å². The van der Waals surface area contributed by atoms with Crippen LogP contribution in [0.2, 0.25) is 5.02 Å². The van der Waals surface area contributed by atoms with Crippen LogP contribution < -0.4 is 20.6 Å². The van der Waals surface area contributed by atoms with Crippen molar-refractivity contribution in [1.82, 2.24) is 18.7 Å². The summed E-state index contributed by atoms with van der Waals surface area (Å²) in [6, 6.07) is 22.5. The summed E-state index contributed by atoms with van der Waals surface area (Å²) in [6.45, 7) is 3.83. The first-order valence-electron chi connectivity index (χ1n) is 12.6. The zero-order valence-corrected chi connectivity index (χ0v) is 22.8. The van der Waals surface area contributed by atoms with E-state index in [2.05, 4.69) is 0 Å². The lowest BCUT2D eigenvalue weighted by Gasteiger charge is -2.18. The molecule has 0 spiro atoms. The van der Waals surface area contributed by atoms with Crippen LogP contribution in [-0.4, -0.2) is 25.5 Å². The van der Waals surface area contributed by atoms with E-state index in [1.165, 1.54) is 0 Å². The van der Waals surface area contributed by atoms with Crippen molar-refractivity contribution in [3.8, 4) is 22.9 Å². The largest absolute Gasteiger partial charge is 0.454 e. The van der Waals surface area contributed by atoms with Crippen molar-refractivity contribution in [3.05, 3.63) is 127 Å². The molecule has 39 heavy (non-hydrogen) atoms. The maximum Gasteiger partial charge on any atom is 0.275 e. The predicted octanol–water partition coefficient (Wildman–Crippen LogP) is 4.84. The molecule has 2 aromatic heterocycles. The fraction of sp³-hybridized carbons (Fsp3) is 0.200. The third-order valence-electron chi connectivity index (χ3n) is 7.59. The molecule has 0 unspecified atom stereocenters. The van der Waals surface area contributed by atoms with Crippen LogP contribution in [0.5, 0.6) is 11.5 Å². The van der Waals surface area contributed by atoms with Crippen LogP contribution in [0.25, 0.3) is 11.4 Å². The van der Waals surface area contributed by atoms with Gasteiger partial charge in [0.05, 0.1) is 33.4 Å². The van der Waals surface area contributed by atoms with Gasteiger partial charge in [0, 0.05) is 25.5 Å². The Kier molecular flexibility index (Phi) is 5.99. The van der Waals surface area contributed by atoms with Gasteiger partial charge in [-0.1, -0.05) is 54.1 Å². The molecule has 9 heteroatoms. The van der Waals surface area contributed by atoms with Crippen LogP contribution in [0, 0.1) is 13.8 Å². The summed E-state index contributed by atoms with van der Waals surface area (Å²) in [5.74, 6) is 0.174. The van der Waals surface area contributed by atoms with Crippen molar-refractivity contribution in [2.24, 2.45) is 14.1 Å². The number of hydrogen-bond donors (Lipinski definition) is 0. The van der Waals surface area contributed by atoms with Gasteiger partial charge in [-0.05, 0) is 49.7 Å². The highest BCUT2D eigenvalue weighted by Crippen LogP contribution is 2.46. The average Bonchev–Trinajstić information content (AvgIpc) is 3.57. The molecule has 1 aliphatic rings. The molecule has 198 valence electrons. The smallest absolute Gasteiger partial charge is 0.275 e. The van der Waals surface area contributed by atoms with Gasteiger partial charge in [0.25, 0.3) is 11.1 Å². The molecule has 5 aromatic rings. The lowest BCUT2D eigenvalue weighted by Crippen LogP contribution is -2.26. The summed E-state index contributed by atoms with van der Waals surface area (Å²) in [5, 5.41) is 0.317. The number of nitrogens with zero attached hydrogens (tertiary/aromatic N) is 4. The van der Waals surface area contributed by atoms with Crippen molar-refractivity contribution in [2.75, 3.05) is 6.79 Å². The highest BCUT2D eigenvalue weighted by atomic mass is 35.5. The maximum absolute atomic E-state index is 14.3. The monoisotopic (exact) mass is 542 g/mol. The first-order chi connectivity index (χ1) is 18.8. The number of ether oxygens (including phenoxy) is 2. The molecule has 3 heterocycles. The van der Waals surface area contributed by atoms with Crippen LogP contribution >= 0.6 is 11.6 Å². The number of halogens is 1. The Hall–Kier alpha value is -4.43.